The summed E-state index contributed by atoms with van der Waals surface area (Å²) in [6, 6.07) is 21.2. The van der Waals surface area contributed by atoms with E-state index < -0.39 is 0 Å². The summed E-state index contributed by atoms with van der Waals surface area (Å²) in [4.78, 5) is 0. The Morgan fingerprint density at radius 1 is 0.927 bits per heavy atom. The van der Waals surface area contributed by atoms with E-state index in [-0.39, 0.29) is 5.92 Å². The van der Waals surface area contributed by atoms with Gasteiger partial charge in [0.25, 0.3) is 0 Å². The van der Waals surface area contributed by atoms with Gasteiger partial charge in [0.05, 0.1) is 0 Å². The molecule has 0 amide bonds. The number of hydrogen-bond donors (Lipinski definition) is 0. The first-order valence-electron chi connectivity index (χ1n) is 14.6. The zero-order valence-corrected chi connectivity index (χ0v) is 24.0. The predicted octanol–water partition coefficient (Wildman–Crippen LogP) is 10.0. The lowest BCUT2D eigenvalue weighted by molar-refractivity contribution is 0.253. The fraction of sp³-hybridized carbons (Fsp3) is 0.211. The van der Waals surface area contributed by atoms with E-state index >= 15 is 0 Å². The predicted molar refractivity (Wildman–Crippen MR) is 171 cm³/mol. The first-order valence-corrected chi connectivity index (χ1v) is 14.6. The molecule has 0 aliphatic carbocycles. The van der Waals surface area contributed by atoms with Crippen LogP contribution in [0.3, 0.4) is 0 Å². The van der Waals surface area contributed by atoms with Gasteiger partial charge in [0.15, 0.2) is 0 Å². The quantitative estimate of drug-likeness (QED) is 0.259. The van der Waals surface area contributed by atoms with Crippen molar-refractivity contribution in [3.63, 3.8) is 0 Å². The second kappa shape index (κ2) is 11.9. The van der Waals surface area contributed by atoms with E-state index in [4.69, 9.17) is 13.9 Å². The fourth-order valence-electron chi connectivity index (χ4n) is 5.88. The Morgan fingerprint density at radius 2 is 1.78 bits per heavy atom. The van der Waals surface area contributed by atoms with Crippen molar-refractivity contribution in [3.8, 4) is 5.75 Å². The van der Waals surface area contributed by atoms with Gasteiger partial charge >= 0.3 is 0 Å². The van der Waals surface area contributed by atoms with Crippen molar-refractivity contribution in [3.05, 3.63) is 137 Å². The highest BCUT2D eigenvalue weighted by atomic mass is 16.5. The van der Waals surface area contributed by atoms with Gasteiger partial charge in [0, 0.05) is 27.8 Å². The van der Waals surface area contributed by atoms with Gasteiger partial charge in [0.1, 0.15) is 35.9 Å². The molecular weight excluding hydrogens is 504 g/mol. The van der Waals surface area contributed by atoms with Crippen LogP contribution in [0, 0.1) is 5.92 Å². The molecule has 1 atom stereocenters. The largest absolute Gasteiger partial charge is 0.489 e. The van der Waals surface area contributed by atoms with Crippen molar-refractivity contribution >= 4 is 33.1 Å². The van der Waals surface area contributed by atoms with Crippen LogP contribution >= 0.6 is 0 Å². The highest BCUT2D eigenvalue weighted by molar-refractivity contribution is 6.08. The van der Waals surface area contributed by atoms with E-state index in [9.17, 15) is 0 Å². The molecule has 1 unspecified atom stereocenters. The van der Waals surface area contributed by atoms with Crippen LogP contribution in [0.5, 0.6) is 5.75 Å². The Labute approximate surface area is 242 Å². The molecule has 4 aromatic rings. The van der Waals surface area contributed by atoms with Crippen LogP contribution in [0.1, 0.15) is 43.9 Å². The molecule has 0 spiro atoms. The maximum atomic E-state index is 6.41. The van der Waals surface area contributed by atoms with Crippen LogP contribution in [0.15, 0.2) is 125 Å². The lowest BCUT2D eigenvalue weighted by atomic mass is 9.91. The molecule has 0 bridgehead atoms. The standard InChI is InChI=1S/C38H36O3/c1-4-30-26(3)13-7-6-10-23-40-37(30)31(5-2)28-21-22-35-29(25-28)20-19-27(14-12-24-39-35)32-16-11-17-34-33-15-8-9-18-36(33)41-38(32)34/h4,6-19,21-22,25-26H,5,20,23-24H2,1-3H3/b10-6-,13-7-,14-12-,27-19+,30-4?,37-31-. The molecule has 3 nitrogen and oxygen atoms in total. The minimum Gasteiger partial charge on any atom is -0.489 e. The molecule has 0 saturated heterocycles. The summed E-state index contributed by atoms with van der Waals surface area (Å²) in [5.74, 6) is 2.16. The van der Waals surface area contributed by atoms with Crippen LogP contribution in [0.4, 0.5) is 0 Å². The molecule has 41 heavy (non-hydrogen) atoms. The lowest BCUT2D eigenvalue weighted by Gasteiger charge is -2.21. The second-order valence-corrected chi connectivity index (χ2v) is 10.5. The summed E-state index contributed by atoms with van der Waals surface area (Å²) in [6.07, 6.45) is 18.8. The maximum absolute atomic E-state index is 6.41. The van der Waals surface area contributed by atoms with Gasteiger partial charge < -0.3 is 13.9 Å². The highest BCUT2D eigenvalue weighted by Gasteiger charge is 2.20. The number of benzene rings is 3. The Kier molecular flexibility index (Phi) is 7.78. The van der Waals surface area contributed by atoms with Crippen molar-refractivity contribution in [2.24, 2.45) is 5.92 Å². The molecule has 2 aliphatic rings. The van der Waals surface area contributed by atoms with Crippen LogP contribution in [0.25, 0.3) is 33.1 Å². The van der Waals surface area contributed by atoms with Crippen LogP contribution in [-0.4, -0.2) is 13.2 Å². The average Bonchev–Trinajstić information content (AvgIpc) is 3.44. The third-order valence-corrected chi connectivity index (χ3v) is 7.96. The molecule has 2 aliphatic heterocycles. The Bertz CT molecular complexity index is 1770. The average molecular weight is 541 g/mol. The molecule has 3 heterocycles. The molecule has 0 saturated carbocycles. The minimum absolute atomic E-state index is 0.257. The number of furan rings is 1. The molecule has 0 N–H and O–H groups in total. The lowest BCUT2D eigenvalue weighted by Crippen LogP contribution is -2.07. The van der Waals surface area contributed by atoms with Crippen molar-refractivity contribution in [1.82, 2.24) is 0 Å². The number of ether oxygens (including phenoxy) is 2. The number of para-hydroxylation sites is 2. The first-order chi connectivity index (χ1) is 20.2. The third kappa shape index (κ3) is 5.32. The number of fused-ring (bicyclic) bond motifs is 4. The summed E-state index contributed by atoms with van der Waals surface area (Å²) in [5, 5.41) is 2.28. The van der Waals surface area contributed by atoms with Gasteiger partial charge in [-0.3, -0.25) is 0 Å². The van der Waals surface area contributed by atoms with Crippen molar-refractivity contribution < 1.29 is 13.9 Å². The van der Waals surface area contributed by atoms with Crippen LogP contribution in [-0.2, 0) is 11.2 Å². The molecular formula is C38H36O3. The molecule has 3 aromatic carbocycles. The van der Waals surface area contributed by atoms with E-state index in [2.05, 4.69) is 118 Å². The zero-order valence-electron chi connectivity index (χ0n) is 24.0. The van der Waals surface area contributed by atoms with Gasteiger partial charge in [-0.15, -0.1) is 0 Å². The van der Waals surface area contributed by atoms with E-state index in [0.29, 0.717) is 13.2 Å². The topological polar surface area (TPSA) is 31.6 Å². The molecule has 6 rings (SSSR count). The number of hydrogen-bond acceptors (Lipinski definition) is 3. The Hall–Kier alpha value is -4.50. The molecule has 3 heteroatoms. The van der Waals surface area contributed by atoms with Gasteiger partial charge in [-0.25, -0.2) is 0 Å². The highest BCUT2D eigenvalue weighted by Crippen LogP contribution is 2.37. The van der Waals surface area contributed by atoms with Crippen molar-refractivity contribution in [2.45, 2.75) is 33.6 Å². The van der Waals surface area contributed by atoms with Gasteiger partial charge in [0.2, 0.25) is 0 Å². The second-order valence-electron chi connectivity index (χ2n) is 10.5. The summed E-state index contributed by atoms with van der Waals surface area (Å²) >= 11 is 0. The van der Waals surface area contributed by atoms with Crippen LogP contribution < -0.4 is 4.74 Å². The minimum atomic E-state index is 0.257. The summed E-state index contributed by atoms with van der Waals surface area (Å²) in [7, 11) is 0. The molecule has 0 radical (unpaired) electrons. The van der Waals surface area contributed by atoms with Gasteiger partial charge in [-0.1, -0.05) is 92.8 Å². The Morgan fingerprint density at radius 3 is 2.66 bits per heavy atom. The summed E-state index contributed by atoms with van der Waals surface area (Å²) < 4.78 is 19.0. The Balaban J connectivity index is 1.42. The zero-order chi connectivity index (χ0) is 28.2. The molecule has 206 valence electrons. The summed E-state index contributed by atoms with van der Waals surface area (Å²) in [6.45, 7) is 7.58. The summed E-state index contributed by atoms with van der Waals surface area (Å²) in [5.41, 5.74) is 8.82. The van der Waals surface area contributed by atoms with Gasteiger partial charge in [-0.05, 0) is 72.4 Å². The first kappa shape index (κ1) is 26.7. The molecule has 1 aromatic heterocycles. The van der Waals surface area contributed by atoms with E-state index in [1.807, 2.05) is 12.1 Å². The maximum Gasteiger partial charge on any atom is 0.143 e. The van der Waals surface area contributed by atoms with E-state index in [0.717, 1.165) is 63.0 Å². The van der Waals surface area contributed by atoms with Crippen molar-refractivity contribution in [1.29, 1.82) is 0 Å². The third-order valence-electron chi connectivity index (χ3n) is 7.96. The van der Waals surface area contributed by atoms with Crippen molar-refractivity contribution in [2.75, 3.05) is 13.2 Å². The van der Waals surface area contributed by atoms with E-state index in [1.165, 1.54) is 16.7 Å². The fourth-order valence-corrected chi connectivity index (χ4v) is 5.88. The van der Waals surface area contributed by atoms with Crippen LogP contribution in [0.2, 0.25) is 0 Å². The monoisotopic (exact) mass is 540 g/mol. The number of rotatable bonds is 3. The smallest absolute Gasteiger partial charge is 0.143 e. The van der Waals surface area contributed by atoms with Gasteiger partial charge in [-0.2, -0.15) is 0 Å². The SMILES string of the molecule is CC=C1/C(=C(\CC)c2ccc3c(c2)C/C=C(c2cccc4c2oc2ccccc24)\C=C/CO3)OC/C=C\C=C/C1C. The number of allylic oxidation sites excluding steroid dienone is 9. The normalized spacial score (nSPS) is 23.3. The molecule has 0 fully saturated rings. The van der Waals surface area contributed by atoms with E-state index in [1.54, 1.807) is 0 Å².